The third-order valence-electron chi connectivity index (χ3n) is 1.66. The van der Waals surface area contributed by atoms with E-state index in [1.165, 1.54) is 13.4 Å². The summed E-state index contributed by atoms with van der Waals surface area (Å²) in [6.45, 7) is 0. The van der Waals surface area contributed by atoms with E-state index >= 15 is 0 Å². The number of hydrogen-bond donors (Lipinski definition) is 3. The summed E-state index contributed by atoms with van der Waals surface area (Å²) in [5.41, 5.74) is 2.56. The summed E-state index contributed by atoms with van der Waals surface area (Å²) in [7, 11) is 1.46. The van der Waals surface area contributed by atoms with E-state index in [1.54, 1.807) is 0 Å². The highest BCUT2D eigenvalue weighted by Gasteiger charge is 2.24. The zero-order chi connectivity index (χ0) is 9.42. The predicted octanol–water partition coefficient (Wildman–Crippen LogP) is -0.468. The summed E-state index contributed by atoms with van der Waals surface area (Å²) in [5.74, 6) is -0.0994. The molecule has 7 heteroatoms. The SMILES string of the molecule is CN1NC(=O)Nc2nc[nH]c2C1=O. The Morgan fingerprint density at radius 2 is 2.23 bits per heavy atom. The molecule has 1 aromatic heterocycles. The number of amides is 3. The Hall–Kier alpha value is -2.05. The number of hydrazine groups is 1. The predicted molar refractivity (Wildman–Crippen MR) is 42.8 cm³/mol. The van der Waals surface area contributed by atoms with E-state index in [1.807, 2.05) is 0 Å². The number of rotatable bonds is 0. The molecule has 0 saturated carbocycles. The van der Waals surface area contributed by atoms with Gasteiger partial charge >= 0.3 is 6.03 Å². The minimum atomic E-state index is -0.485. The van der Waals surface area contributed by atoms with Crippen molar-refractivity contribution in [1.82, 2.24) is 20.4 Å². The van der Waals surface area contributed by atoms with Gasteiger partial charge in [-0.1, -0.05) is 0 Å². The molecule has 0 unspecified atom stereocenters. The van der Waals surface area contributed by atoms with Crippen molar-refractivity contribution in [3.63, 3.8) is 0 Å². The molecule has 13 heavy (non-hydrogen) atoms. The van der Waals surface area contributed by atoms with Crippen LogP contribution in [0, 0.1) is 0 Å². The van der Waals surface area contributed by atoms with Gasteiger partial charge in [0.1, 0.15) is 0 Å². The zero-order valence-corrected chi connectivity index (χ0v) is 6.79. The van der Waals surface area contributed by atoms with Crippen molar-refractivity contribution in [2.45, 2.75) is 0 Å². The second-order valence-electron chi connectivity index (χ2n) is 2.56. The maximum absolute atomic E-state index is 11.4. The minimum absolute atomic E-state index is 0.242. The summed E-state index contributed by atoms with van der Waals surface area (Å²) in [6, 6.07) is -0.485. The molecular formula is C6H7N5O2. The monoisotopic (exact) mass is 181 g/mol. The zero-order valence-electron chi connectivity index (χ0n) is 6.79. The molecule has 1 aliphatic rings. The molecule has 2 heterocycles. The normalized spacial score (nSPS) is 15.9. The summed E-state index contributed by atoms with van der Waals surface area (Å²) in [5, 5.41) is 3.49. The average molecular weight is 181 g/mol. The lowest BCUT2D eigenvalue weighted by Gasteiger charge is -2.12. The van der Waals surface area contributed by atoms with Gasteiger partial charge in [0.15, 0.2) is 11.5 Å². The average Bonchev–Trinajstić information content (AvgIpc) is 2.47. The summed E-state index contributed by atoms with van der Waals surface area (Å²) in [4.78, 5) is 28.9. The van der Waals surface area contributed by atoms with E-state index in [0.717, 1.165) is 5.01 Å². The minimum Gasteiger partial charge on any atom is -0.339 e. The highest BCUT2D eigenvalue weighted by atomic mass is 16.2. The van der Waals surface area contributed by atoms with Gasteiger partial charge in [-0.15, -0.1) is 0 Å². The Kier molecular flexibility index (Phi) is 1.44. The largest absolute Gasteiger partial charge is 0.339 e. The summed E-state index contributed by atoms with van der Waals surface area (Å²) in [6.07, 6.45) is 1.35. The highest BCUT2D eigenvalue weighted by molar-refractivity contribution is 6.04. The van der Waals surface area contributed by atoms with Gasteiger partial charge in [0, 0.05) is 7.05 Å². The first kappa shape index (κ1) is 7.59. The Morgan fingerprint density at radius 1 is 1.46 bits per heavy atom. The van der Waals surface area contributed by atoms with Crippen LogP contribution in [-0.4, -0.2) is 34.0 Å². The van der Waals surface area contributed by atoms with E-state index in [4.69, 9.17) is 0 Å². The lowest BCUT2D eigenvalue weighted by Crippen LogP contribution is -2.42. The van der Waals surface area contributed by atoms with Gasteiger partial charge in [-0.05, 0) is 0 Å². The number of nitrogens with zero attached hydrogens (tertiary/aromatic N) is 2. The topological polar surface area (TPSA) is 90.1 Å². The molecule has 0 aliphatic carbocycles. The number of H-pyrrole nitrogens is 1. The van der Waals surface area contributed by atoms with E-state index in [9.17, 15) is 9.59 Å². The number of nitrogens with one attached hydrogen (secondary N) is 3. The Balaban J connectivity index is 2.47. The molecule has 1 aliphatic heterocycles. The van der Waals surface area contributed by atoms with Gasteiger partial charge in [0.2, 0.25) is 0 Å². The van der Waals surface area contributed by atoms with E-state index < -0.39 is 6.03 Å². The number of aromatic amines is 1. The standard InChI is InChI=1S/C6H7N5O2/c1-11-5(12)3-4(8-2-7-3)9-6(13)10-11/h2H,1H3,(H,7,8)(H2,9,10,13). The Morgan fingerprint density at radius 3 is 3.00 bits per heavy atom. The van der Waals surface area contributed by atoms with E-state index in [2.05, 4.69) is 20.7 Å². The van der Waals surface area contributed by atoms with Crippen LogP contribution in [0.1, 0.15) is 10.5 Å². The summed E-state index contributed by atoms with van der Waals surface area (Å²) < 4.78 is 0. The molecule has 3 N–H and O–H groups in total. The first-order chi connectivity index (χ1) is 6.18. The van der Waals surface area contributed by atoms with Crippen molar-refractivity contribution in [1.29, 1.82) is 0 Å². The van der Waals surface area contributed by atoms with Crippen LogP contribution in [0.2, 0.25) is 0 Å². The van der Waals surface area contributed by atoms with Crippen LogP contribution in [0.15, 0.2) is 6.33 Å². The van der Waals surface area contributed by atoms with Crippen molar-refractivity contribution < 1.29 is 9.59 Å². The van der Waals surface area contributed by atoms with Crippen LogP contribution in [0.4, 0.5) is 10.6 Å². The van der Waals surface area contributed by atoms with Crippen molar-refractivity contribution in [2.75, 3.05) is 12.4 Å². The van der Waals surface area contributed by atoms with Crippen LogP contribution in [-0.2, 0) is 0 Å². The summed E-state index contributed by atoms with van der Waals surface area (Å²) >= 11 is 0. The van der Waals surface area contributed by atoms with Crippen molar-refractivity contribution in [3.8, 4) is 0 Å². The number of fused-ring (bicyclic) bond motifs is 1. The van der Waals surface area contributed by atoms with Gasteiger partial charge < -0.3 is 4.98 Å². The number of imidazole rings is 1. The van der Waals surface area contributed by atoms with Gasteiger partial charge in [-0.2, -0.15) is 0 Å². The second-order valence-corrected chi connectivity index (χ2v) is 2.56. The lowest BCUT2D eigenvalue weighted by atomic mass is 10.4. The van der Waals surface area contributed by atoms with Crippen LogP contribution in [0.3, 0.4) is 0 Å². The molecule has 0 saturated heterocycles. The molecule has 68 valence electrons. The van der Waals surface area contributed by atoms with Crippen molar-refractivity contribution >= 4 is 17.8 Å². The third kappa shape index (κ3) is 1.10. The molecule has 0 radical (unpaired) electrons. The number of anilines is 1. The van der Waals surface area contributed by atoms with Crippen LogP contribution in [0.5, 0.6) is 0 Å². The number of carbonyl (C=O) groups excluding carboxylic acids is 2. The highest BCUT2D eigenvalue weighted by Crippen LogP contribution is 2.13. The smallest absolute Gasteiger partial charge is 0.339 e. The fourth-order valence-electron chi connectivity index (χ4n) is 1.06. The molecule has 0 bridgehead atoms. The molecule has 2 rings (SSSR count). The maximum atomic E-state index is 11.4. The van der Waals surface area contributed by atoms with E-state index in [0.29, 0.717) is 0 Å². The van der Waals surface area contributed by atoms with Gasteiger partial charge in [-0.3, -0.25) is 15.1 Å². The quantitative estimate of drug-likeness (QED) is 0.505. The van der Waals surface area contributed by atoms with Crippen molar-refractivity contribution in [2.24, 2.45) is 0 Å². The number of carbonyl (C=O) groups is 2. The van der Waals surface area contributed by atoms with Crippen LogP contribution >= 0.6 is 0 Å². The fraction of sp³-hybridized carbons (Fsp3) is 0.167. The third-order valence-corrected chi connectivity index (χ3v) is 1.66. The molecule has 7 nitrogen and oxygen atoms in total. The number of hydrogen-bond acceptors (Lipinski definition) is 3. The first-order valence-electron chi connectivity index (χ1n) is 3.57. The molecule has 1 aromatic rings. The molecule has 0 atom stereocenters. The van der Waals surface area contributed by atoms with E-state index in [-0.39, 0.29) is 17.4 Å². The van der Waals surface area contributed by atoms with Crippen LogP contribution < -0.4 is 10.7 Å². The van der Waals surface area contributed by atoms with Crippen LogP contribution in [0.25, 0.3) is 0 Å². The molecule has 0 fully saturated rings. The second kappa shape index (κ2) is 2.47. The fourth-order valence-corrected chi connectivity index (χ4v) is 1.06. The Bertz CT molecular complexity index is 371. The van der Waals surface area contributed by atoms with Gasteiger partial charge in [-0.25, -0.2) is 15.2 Å². The van der Waals surface area contributed by atoms with Gasteiger partial charge in [0.25, 0.3) is 5.91 Å². The molecule has 0 aromatic carbocycles. The molecule has 0 spiro atoms. The first-order valence-corrected chi connectivity index (χ1v) is 3.57. The number of aromatic nitrogens is 2. The maximum Gasteiger partial charge on any atom is 0.339 e. The lowest BCUT2D eigenvalue weighted by molar-refractivity contribution is 0.0740. The molecular weight excluding hydrogens is 174 g/mol. The number of urea groups is 1. The van der Waals surface area contributed by atoms with Crippen molar-refractivity contribution in [3.05, 3.63) is 12.0 Å². The molecule has 3 amide bonds. The Labute approximate surface area is 73.1 Å². The van der Waals surface area contributed by atoms with Gasteiger partial charge in [0.05, 0.1) is 6.33 Å².